The average molecular weight is 446 g/mol. The molecule has 1 amide bonds. The van der Waals surface area contributed by atoms with Gasteiger partial charge in [0.05, 0.1) is 23.2 Å². The number of benzene rings is 2. The van der Waals surface area contributed by atoms with Gasteiger partial charge in [-0.3, -0.25) is 4.79 Å². The molecule has 9 heteroatoms. The van der Waals surface area contributed by atoms with Crippen LogP contribution in [0.5, 0.6) is 11.5 Å². The second-order valence-electron chi connectivity index (χ2n) is 6.18. The summed E-state index contributed by atoms with van der Waals surface area (Å²) in [6.45, 7) is 3.54. The van der Waals surface area contributed by atoms with Gasteiger partial charge in [0, 0.05) is 5.02 Å². The number of hydrogen-bond acceptors (Lipinski definition) is 7. The number of ether oxygens (including phenoxy) is 2. The summed E-state index contributed by atoms with van der Waals surface area (Å²) in [6, 6.07) is 11.9. The number of aliphatic imine (C=N–C) groups is 1. The van der Waals surface area contributed by atoms with Crippen LogP contribution in [0, 0.1) is 0 Å². The van der Waals surface area contributed by atoms with Gasteiger partial charge in [-0.2, -0.15) is 0 Å². The number of halogens is 1. The second-order valence-corrected chi connectivity index (χ2v) is 7.64. The van der Waals surface area contributed by atoms with Crippen LogP contribution in [0.25, 0.3) is 6.08 Å². The van der Waals surface area contributed by atoms with Crippen LogP contribution in [0.1, 0.15) is 19.4 Å². The third kappa shape index (κ3) is 5.55. The topological polar surface area (TPSA) is 100 Å². The molecule has 1 atom stereocenters. The number of amides is 1. The van der Waals surface area contributed by atoms with E-state index in [1.54, 1.807) is 55.5 Å². The van der Waals surface area contributed by atoms with E-state index in [0.717, 1.165) is 0 Å². The Bertz CT molecular complexity index is 1020. The predicted octanol–water partition coefficient (Wildman–Crippen LogP) is 3.15. The molecule has 3 rings (SSSR count). The molecule has 2 aromatic rings. The number of carbonyl (C=O) groups is 2. The Morgan fingerprint density at radius 3 is 2.67 bits per heavy atom. The summed E-state index contributed by atoms with van der Waals surface area (Å²) in [6.07, 6.45) is 0.565. The van der Waals surface area contributed by atoms with Crippen molar-refractivity contribution in [1.29, 1.82) is 0 Å². The number of carboxylic acid groups (broad SMARTS) is 1. The molecule has 0 unspecified atom stereocenters. The van der Waals surface area contributed by atoms with Crippen molar-refractivity contribution in [3.05, 3.63) is 58.0 Å². The van der Waals surface area contributed by atoms with Crippen LogP contribution in [-0.2, 0) is 9.59 Å². The van der Waals surface area contributed by atoms with Gasteiger partial charge in [-0.25, -0.2) is 4.99 Å². The van der Waals surface area contributed by atoms with Crippen molar-refractivity contribution in [2.24, 2.45) is 4.99 Å². The summed E-state index contributed by atoms with van der Waals surface area (Å²) in [5, 5.41) is 14.7. The summed E-state index contributed by atoms with van der Waals surface area (Å²) < 4.78 is 10.9. The van der Waals surface area contributed by atoms with Gasteiger partial charge in [0.25, 0.3) is 5.91 Å². The molecule has 1 saturated heterocycles. The minimum absolute atomic E-state index is 0.267. The number of thioether (sulfide) groups is 1. The lowest BCUT2D eigenvalue weighted by Crippen LogP contribution is -2.37. The van der Waals surface area contributed by atoms with Crippen molar-refractivity contribution in [1.82, 2.24) is 5.32 Å². The molecule has 2 aromatic carbocycles. The molecule has 0 saturated carbocycles. The van der Waals surface area contributed by atoms with Crippen molar-refractivity contribution in [3.8, 4) is 11.5 Å². The predicted molar refractivity (Wildman–Crippen MR) is 115 cm³/mol. The van der Waals surface area contributed by atoms with Gasteiger partial charge >= 0.3 is 0 Å². The summed E-state index contributed by atoms with van der Waals surface area (Å²) >= 11 is 7.08. The Morgan fingerprint density at radius 1 is 1.27 bits per heavy atom. The van der Waals surface area contributed by atoms with Gasteiger partial charge < -0.3 is 24.7 Å². The van der Waals surface area contributed by atoms with Crippen LogP contribution in [-0.4, -0.2) is 29.8 Å². The molecule has 7 nitrogen and oxygen atoms in total. The molecule has 1 heterocycles. The minimum Gasteiger partial charge on any atom is -0.546 e. The molecule has 30 heavy (non-hydrogen) atoms. The van der Waals surface area contributed by atoms with E-state index in [1.165, 1.54) is 18.7 Å². The maximum absolute atomic E-state index is 12.3. The SMILES string of the molecule is CCOc1cc(/C=C2/SC(=Nc3ccc(Cl)cc3)NC2=O)ccc1O[C@H](C)C(=O)[O-]. The molecule has 0 aromatic heterocycles. The highest BCUT2D eigenvalue weighted by atomic mass is 35.5. The first-order valence-electron chi connectivity index (χ1n) is 9.05. The highest BCUT2D eigenvalue weighted by Crippen LogP contribution is 2.33. The highest BCUT2D eigenvalue weighted by Gasteiger charge is 2.24. The number of nitrogens with zero attached hydrogens (tertiary/aromatic N) is 1. The van der Waals surface area contributed by atoms with Crippen LogP contribution in [0.4, 0.5) is 5.69 Å². The fourth-order valence-corrected chi connectivity index (χ4v) is 3.45. The zero-order valence-corrected chi connectivity index (χ0v) is 17.8. The largest absolute Gasteiger partial charge is 0.546 e. The van der Waals surface area contributed by atoms with Crippen LogP contribution in [0.2, 0.25) is 5.02 Å². The van der Waals surface area contributed by atoms with Gasteiger partial charge in [0.2, 0.25) is 0 Å². The second kappa shape index (κ2) is 9.69. The lowest BCUT2D eigenvalue weighted by Gasteiger charge is -2.18. The summed E-state index contributed by atoms with van der Waals surface area (Å²) in [4.78, 5) is 28.1. The fourth-order valence-electron chi connectivity index (χ4n) is 2.48. The fraction of sp³-hybridized carbons (Fsp3) is 0.190. The summed E-state index contributed by atoms with van der Waals surface area (Å²) in [5.41, 5.74) is 1.36. The number of aliphatic carboxylic acids is 1. The summed E-state index contributed by atoms with van der Waals surface area (Å²) in [7, 11) is 0. The van der Waals surface area contributed by atoms with E-state index >= 15 is 0 Å². The number of rotatable bonds is 7. The average Bonchev–Trinajstić information content (AvgIpc) is 3.04. The van der Waals surface area contributed by atoms with Gasteiger partial charge in [-0.05, 0) is 73.6 Å². The molecule has 1 aliphatic rings. The van der Waals surface area contributed by atoms with E-state index in [2.05, 4.69) is 10.3 Å². The van der Waals surface area contributed by atoms with E-state index < -0.39 is 12.1 Å². The molecule has 0 spiro atoms. The lowest BCUT2D eigenvalue weighted by atomic mass is 10.2. The van der Waals surface area contributed by atoms with Crippen LogP contribution in [0.15, 0.2) is 52.4 Å². The van der Waals surface area contributed by atoms with E-state index in [9.17, 15) is 14.7 Å². The van der Waals surface area contributed by atoms with Crippen LogP contribution in [0.3, 0.4) is 0 Å². The van der Waals surface area contributed by atoms with Gasteiger partial charge in [0.15, 0.2) is 16.7 Å². The first-order valence-corrected chi connectivity index (χ1v) is 10.2. The van der Waals surface area contributed by atoms with Crippen molar-refractivity contribution < 1.29 is 24.2 Å². The zero-order chi connectivity index (χ0) is 21.7. The third-order valence-corrected chi connectivity index (χ3v) is 5.07. The minimum atomic E-state index is -1.32. The molecule has 0 aliphatic carbocycles. The van der Waals surface area contributed by atoms with Crippen molar-refractivity contribution in [2.75, 3.05) is 6.61 Å². The quantitative estimate of drug-likeness (QED) is 0.657. The number of hydrogen-bond donors (Lipinski definition) is 1. The van der Waals surface area contributed by atoms with Crippen molar-refractivity contribution >= 4 is 52.2 Å². The summed E-state index contributed by atoms with van der Waals surface area (Å²) in [5.74, 6) is -0.936. The molecular formula is C21H18ClN2O5S-. The Morgan fingerprint density at radius 2 is 2.00 bits per heavy atom. The van der Waals surface area contributed by atoms with Crippen LogP contribution >= 0.6 is 23.4 Å². The van der Waals surface area contributed by atoms with E-state index in [-0.39, 0.29) is 11.7 Å². The van der Waals surface area contributed by atoms with E-state index in [4.69, 9.17) is 21.1 Å². The number of carbonyl (C=O) groups excluding carboxylic acids is 2. The zero-order valence-electron chi connectivity index (χ0n) is 16.2. The Labute approximate surface area is 182 Å². The Kier molecular flexibility index (Phi) is 7.02. The lowest BCUT2D eigenvalue weighted by molar-refractivity contribution is -0.312. The smallest absolute Gasteiger partial charge is 0.264 e. The molecule has 0 bridgehead atoms. The van der Waals surface area contributed by atoms with E-state index in [0.29, 0.717) is 38.7 Å². The maximum Gasteiger partial charge on any atom is 0.264 e. The van der Waals surface area contributed by atoms with Gasteiger partial charge in [-0.15, -0.1) is 0 Å². The van der Waals surface area contributed by atoms with Gasteiger partial charge in [0.1, 0.15) is 6.10 Å². The molecule has 156 valence electrons. The van der Waals surface area contributed by atoms with Gasteiger partial charge in [-0.1, -0.05) is 17.7 Å². The number of amidine groups is 1. The first-order chi connectivity index (χ1) is 14.4. The number of carboxylic acids is 1. The number of nitrogens with one attached hydrogen (secondary N) is 1. The highest BCUT2D eigenvalue weighted by molar-refractivity contribution is 8.18. The molecule has 0 radical (unpaired) electrons. The molecular weight excluding hydrogens is 428 g/mol. The molecule has 1 N–H and O–H groups in total. The van der Waals surface area contributed by atoms with Crippen molar-refractivity contribution in [2.45, 2.75) is 20.0 Å². The maximum atomic E-state index is 12.3. The molecule has 1 aliphatic heterocycles. The standard InChI is InChI=1S/C21H19ClN2O5S/c1-3-28-17-10-13(4-9-16(17)29-12(2)20(26)27)11-18-19(25)24-21(30-18)23-15-7-5-14(22)6-8-15/h4-12H,3H2,1-2H3,(H,26,27)(H,23,24,25)/p-1/b18-11+/t12-/m1/s1. The first kappa shape index (κ1) is 21.7. The Hall–Kier alpha value is -2.97. The monoisotopic (exact) mass is 445 g/mol. The van der Waals surface area contributed by atoms with Crippen LogP contribution < -0.4 is 19.9 Å². The molecule has 1 fully saturated rings. The normalized spacial score (nSPS) is 17.1. The Balaban J connectivity index is 1.81. The third-order valence-electron chi connectivity index (χ3n) is 3.91. The van der Waals surface area contributed by atoms with E-state index in [1.807, 2.05) is 0 Å². The van der Waals surface area contributed by atoms with Crippen molar-refractivity contribution in [3.63, 3.8) is 0 Å².